The summed E-state index contributed by atoms with van der Waals surface area (Å²) < 4.78 is 44.2. The first-order valence-corrected chi connectivity index (χ1v) is 9.62. The third kappa shape index (κ3) is 4.71. The number of hydrogen-bond acceptors (Lipinski definition) is 4. The Morgan fingerprint density at radius 2 is 1.83 bits per heavy atom. The Hall–Kier alpha value is -3.13. The molecule has 0 bridgehead atoms. The number of oxazole rings is 1. The summed E-state index contributed by atoms with van der Waals surface area (Å²) in [7, 11) is 0. The van der Waals surface area contributed by atoms with E-state index < -0.39 is 17.6 Å². The SMILES string of the molecule is O=C(Nc1cccc(C(F)(F)F)c1)c1nc2c(o1)CCN(Cc1ccccc1)CC2. The van der Waals surface area contributed by atoms with Gasteiger partial charge in [-0.05, 0) is 23.8 Å². The standard InChI is InChI=1S/C22H20F3N3O2/c23-22(24,25)16-7-4-8-17(13-16)26-20(29)21-27-18-9-11-28(12-10-19(18)30-21)14-15-5-2-1-3-6-15/h1-8,13H,9-12,14H2,(H,26,29). The van der Waals surface area contributed by atoms with Crippen molar-refractivity contribution in [3.8, 4) is 0 Å². The van der Waals surface area contributed by atoms with Crippen molar-refractivity contribution in [3.63, 3.8) is 0 Å². The average Bonchev–Trinajstić information content (AvgIpc) is 3.05. The van der Waals surface area contributed by atoms with E-state index in [1.807, 2.05) is 18.2 Å². The molecule has 0 aliphatic carbocycles. The summed E-state index contributed by atoms with van der Waals surface area (Å²) in [5.74, 6) is -0.141. The minimum Gasteiger partial charge on any atom is -0.437 e. The molecule has 1 aliphatic heterocycles. The van der Waals surface area contributed by atoms with Crippen LogP contribution in [0.2, 0.25) is 0 Å². The fourth-order valence-electron chi connectivity index (χ4n) is 3.46. The van der Waals surface area contributed by atoms with Gasteiger partial charge in [0.25, 0.3) is 5.89 Å². The second-order valence-corrected chi connectivity index (χ2v) is 7.18. The molecule has 1 N–H and O–H groups in total. The monoisotopic (exact) mass is 415 g/mol. The zero-order chi connectivity index (χ0) is 21.1. The van der Waals surface area contributed by atoms with Crippen LogP contribution in [-0.2, 0) is 25.6 Å². The van der Waals surface area contributed by atoms with Gasteiger partial charge in [-0.2, -0.15) is 13.2 Å². The number of aromatic nitrogens is 1. The molecule has 0 spiro atoms. The molecule has 30 heavy (non-hydrogen) atoms. The minimum atomic E-state index is -4.48. The second kappa shape index (κ2) is 8.31. The Balaban J connectivity index is 1.40. The van der Waals surface area contributed by atoms with Crippen molar-refractivity contribution in [2.75, 3.05) is 18.4 Å². The van der Waals surface area contributed by atoms with Gasteiger partial charge in [0.05, 0.1) is 11.3 Å². The van der Waals surface area contributed by atoms with Gasteiger partial charge in [-0.15, -0.1) is 0 Å². The van der Waals surface area contributed by atoms with Crippen molar-refractivity contribution in [2.24, 2.45) is 0 Å². The Kier molecular flexibility index (Phi) is 5.59. The molecule has 4 rings (SSSR count). The van der Waals surface area contributed by atoms with E-state index in [1.165, 1.54) is 17.7 Å². The number of hydrogen-bond donors (Lipinski definition) is 1. The molecular weight excluding hydrogens is 395 g/mol. The lowest BCUT2D eigenvalue weighted by Gasteiger charge is -2.19. The van der Waals surface area contributed by atoms with E-state index in [2.05, 4.69) is 27.3 Å². The smallest absolute Gasteiger partial charge is 0.416 e. The lowest BCUT2D eigenvalue weighted by molar-refractivity contribution is -0.137. The molecule has 0 unspecified atom stereocenters. The van der Waals surface area contributed by atoms with E-state index in [0.717, 1.165) is 37.5 Å². The fourth-order valence-corrected chi connectivity index (χ4v) is 3.46. The minimum absolute atomic E-state index is 0.0391. The average molecular weight is 415 g/mol. The summed E-state index contributed by atoms with van der Waals surface area (Å²) in [5.41, 5.74) is 1.16. The highest BCUT2D eigenvalue weighted by Crippen LogP contribution is 2.30. The van der Waals surface area contributed by atoms with Gasteiger partial charge >= 0.3 is 12.1 Å². The summed E-state index contributed by atoms with van der Waals surface area (Å²) >= 11 is 0. The quantitative estimate of drug-likeness (QED) is 0.680. The molecule has 5 nitrogen and oxygen atoms in total. The summed E-state index contributed by atoms with van der Waals surface area (Å²) in [6, 6.07) is 14.6. The number of nitrogens with zero attached hydrogens (tertiary/aromatic N) is 2. The van der Waals surface area contributed by atoms with Crippen LogP contribution in [0.3, 0.4) is 0 Å². The molecule has 1 aromatic heterocycles. The van der Waals surface area contributed by atoms with Crippen LogP contribution in [0.25, 0.3) is 0 Å². The van der Waals surface area contributed by atoms with E-state index in [9.17, 15) is 18.0 Å². The van der Waals surface area contributed by atoms with Crippen molar-refractivity contribution in [2.45, 2.75) is 25.6 Å². The number of benzene rings is 2. The topological polar surface area (TPSA) is 58.4 Å². The number of carbonyl (C=O) groups is 1. The normalized spacial score (nSPS) is 14.8. The van der Waals surface area contributed by atoms with E-state index in [4.69, 9.17) is 4.42 Å². The second-order valence-electron chi connectivity index (χ2n) is 7.18. The first kappa shape index (κ1) is 20.2. The van der Waals surface area contributed by atoms with Gasteiger partial charge in [-0.25, -0.2) is 4.98 Å². The molecule has 0 radical (unpaired) electrons. The summed E-state index contributed by atoms with van der Waals surface area (Å²) in [6.07, 6.45) is -3.22. The molecule has 0 atom stereocenters. The predicted octanol–water partition coefficient (Wildman–Crippen LogP) is 4.55. The van der Waals surface area contributed by atoms with Gasteiger partial charge < -0.3 is 9.73 Å². The molecular formula is C22H20F3N3O2. The van der Waals surface area contributed by atoms with Crippen LogP contribution in [0.15, 0.2) is 59.0 Å². The molecule has 3 aromatic rings. The largest absolute Gasteiger partial charge is 0.437 e. The third-order valence-electron chi connectivity index (χ3n) is 4.99. The maximum atomic E-state index is 12.8. The van der Waals surface area contributed by atoms with Crippen LogP contribution >= 0.6 is 0 Å². The molecule has 8 heteroatoms. The number of nitrogens with one attached hydrogen (secondary N) is 1. The number of anilines is 1. The Morgan fingerprint density at radius 1 is 1.07 bits per heavy atom. The van der Waals surface area contributed by atoms with Crippen molar-refractivity contribution in [3.05, 3.63) is 83.1 Å². The molecule has 2 heterocycles. The van der Waals surface area contributed by atoms with Gasteiger partial charge in [-0.3, -0.25) is 9.69 Å². The maximum absolute atomic E-state index is 12.8. The molecule has 0 fully saturated rings. The predicted molar refractivity (Wildman–Crippen MR) is 105 cm³/mol. The van der Waals surface area contributed by atoms with Crippen LogP contribution in [0, 0.1) is 0 Å². The summed E-state index contributed by atoms with van der Waals surface area (Å²) in [5, 5.41) is 2.43. The number of alkyl halides is 3. The van der Waals surface area contributed by atoms with Crippen molar-refractivity contribution < 1.29 is 22.4 Å². The van der Waals surface area contributed by atoms with E-state index in [1.54, 1.807) is 0 Å². The highest BCUT2D eigenvalue weighted by atomic mass is 19.4. The van der Waals surface area contributed by atoms with Crippen molar-refractivity contribution >= 4 is 11.6 Å². The Labute approximate surface area is 171 Å². The molecule has 1 amide bonds. The zero-order valence-corrected chi connectivity index (χ0v) is 16.1. The van der Waals surface area contributed by atoms with E-state index in [0.29, 0.717) is 18.6 Å². The molecule has 0 saturated heterocycles. The van der Waals surface area contributed by atoms with Crippen LogP contribution in [0.4, 0.5) is 18.9 Å². The third-order valence-corrected chi connectivity index (χ3v) is 4.99. The molecule has 156 valence electrons. The van der Waals surface area contributed by atoms with Crippen LogP contribution in [0.5, 0.6) is 0 Å². The van der Waals surface area contributed by atoms with Gasteiger partial charge in [0, 0.05) is 38.2 Å². The zero-order valence-electron chi connectivity index (χ0n) is 16.1. The lowest BCUT2D eigenvalue weighted by atomic mass is 10.2. The lowest BCUT2D eigenvalue weighted by Crippen LogP contribution is -2.26. The first-order chi connectivity index (χ1) is 14.4. The van der Waals surface area contributed by atoms with Crippen molar-refractivity contribution in [1.82, 2.24) is 9.88 Å². The number of amides is 1. The van der Waals surface area contributed by atoms with Gasteiger partial charge in [-0.1, -0.05) is 36.4 Å². The van der Waals surface area contributed by atoms with Crippen LogP contribution in [0.1, 0.15) is 33.3 Å². The maximum Gasteiger partial charge on any atom is 0.416 e. The Morgan fingerprint density at radius 3 is 2.60 bits per heavy atom. The number of rotatable bonds is 4. The van der Waals surface area contributed by atoms with E-state index >= 15 is 0 Å². The number of carbonyl (C=O) groups excluding carboxylic acids is 1. The highest BCUT2D eigenvalue weighted by molar-refractivity contribution is 6.01. The summed E-state index contributed by atoms with van der Waals surface area (Å²) in [4.78, 5) is 19.0. The molecule has 2 aromatic carbocycles. The molecule has 1 aliphatic rings. The fraction of sp³-hybridized carbons (Fsp3) is 0.273. The first-order valence-electron chi connectivity index (χ1n) is 9.62. The van der Waals surface area contributed by atoms with Crippen LogP contribution in [-0.4, -0.2) is 28.9 Å². The van der Waals surface area contributed by atoms with Crippen molar-refractivity contribution in [1.29, 1.82) is 0 Å². The van der Waals surface area contributed by atoms with Gasteiger partial charge in [0.2, 0.25) is 0 Å². The number of fused-ring (bicyclic) bond motifs is 1. The Bertz CT molecular complexity index is 1010. The van der Waals surface area contributed by atoms with Gasteiger partial charge in [0.1, 0.15) is 5.76 Å². The van der Waals surface area contributed by atoms with Gasteiger partial charge in [0.15, 0.2) is 0 Å². The molecule has 0 saturated carbocycles. The number of halogens is 3. The highest BCUT2D eigenvalue weighted by Gasteiger charge is 2.30. The summed E-state index contributed by atoms with van der Waals surface area (Å²) in [6.45, 7) is 2.38. The van der Waals surface area contributed by atoms with E-state index in [-0.39, 0.29) is 11.6 Å². The van der Waals surface area contributed by atoms with Crippen LogP contribution < -0.4 is 5.32 Å².